The van der Waals surface area contributed by atoms with Crippen molar-refractivity contribution >= 4 is 17.9 Å². The maximum absolute atomic E-state index is 12.8. The van der Waals surface area contributed by atoms with Gasteiger partial charge < -0.3 is 14.2 Å². The molecule has 0 aromatic rings. The van der Waals surface area contributed by atoms with Crippen molar-refractivity contribution in [2.45, 2.75) is 277 Å². The predicted octanol–water partition coefficient (Wildman–Crippen LogP) is 18.0. The van der Waals surface area contributed by atoms with Gasteiger partial charge in [0.2, 0.25) is 0 Å². The molecule has 0 radical (unpaired) electrons. The zero-order valence-electron chi connectivity index (χ0n) is 42.3. The second kappa shape index (κ2) is 52.7. The summed E-state index contributed by atoms with van der Waals surface area (Å²) in [7, 11) is 0. The lowest BCUT2D eigenvalue weighted by molar-refractivity contribution is -0.167. The molecule has 0 fully saturated rings. The molecule has 0 saturated heterocycles. The first-order valence-corrected chi connectivity index (χ1v) is 27.3. The SMILES string of the molecule is CC/C=C\C/C=C\C/C=C\C/C=C\CCCCCC(=O)OC(COC(=O)CCCCCCC/C=C\CCCCC)COC(=O)CCCCCCCCCCCCCCCCCCCC. The largest absolute Gasteiger partial charge is 0.462 e. The van der Waals surface area contributed by atoms with E-state index < -0.39 is 6.10 Å². The third kappa shape index (κ3) is 50.1. The Balaban J connectivity index is 4.39. The molecule has 6 nitrogen and oxygen atoms in total. The minimum atomic E-state index is -0.792. The van der Waals surface area contributed by atoms with Gasteiger partial charge in [-0.1, -0.05) is 229 Å². The second-order valence-electron chi connectivity index (χ2n) is 18.1. The van der Waals surface area contributed by atoms with E-state index in [2.05, 4.69) is 81.5 Å². The maximum atomic E-state index is 12.8. The van der Waals surface area contributed by atoms with Crippen LogP contribution < -0.4 is 0 Å². The number of unbranched alkanes of at least 4 members (excludes halogenated alkanes) is 28. The van der Waals surface area contributed by atoms with Crippen LogP contribution in [0.1, 0.15) is 271 Å². The van der Waals surface area contributed by atoms with E-state index >= 15 is 0 Å². The van der Waals surface area contributed by atoms with Crippen LogP contribution in [0.25, 0.3) is 0 Å². The molecule has 0 heterocycles. The molecule has 1 atom stereocenters. The Hall–Kier alpha value is -2.89. The Labute approximate surface area is 396 Å². The van der Waals surface area contributed by atoms with Gasteiger partial charge in [-0.15, -0.1) is 0 Å². The highest BCUT2D eigenvalue weighted by Gasteiger charge is 2.19. The van der Waals surface area contributed by atoms with Gasteiger partial charge in [-0.3, -0.25) is 14.4 Å². The molecule has 0 amide bonds. The number of allylic oxidation sites excluding steroid dienone is 10. The lowest BCUT2D eigenvalue weighted by Crippen LogP contribution is -2.30. The number of ether oxygens (including phenoxy) is 3. The molecule has 1 unspecified atom stereocenters. The summed E-state index contributed by atoms with van der Waals surface area (Å²) >= 11 is 0. The summed E-state index contributed by atoms with van der Waals surface area (Å²) in [5.41, 5.74) is 0. The number of rotatable bonds is 49. The van der Waals surface area contributed by atoms with Crippen molar-refractivity contribution in [1.29, 1.82) is 0 Å². The van der Waals surface area contributed by atoms with Gasteiger partial charge in [-0.25, -0.2) is 0 Å². The van der Waals surface area contributed by atoms with E-state index in [1.807, 2.05) is 0 Å². The molecular weight excluding hydrogens is 793 g/mol. The lowest BCUT2D eigenvalue weighted by Gasteiger charge is -2.18. The van der Waals surface area contributed by atoms with Crippen molar-refractivity contribution < 1.29 is 28.6 Å². The van der Waals surface area contributed by atoms with Crippen LogP contribution in [-0.4, -0.2) is 37.2 Å². The first kappa shape index (κ1) is 61.1. The molecular formula is C58H102O6. The molecule has 0 N–H and O–H groups in total. The van der Waals surface area contributed by atoms with E-state index in [1.165, 1.54) is 135 Å². The highest BCUT2D eigenvalue weighted by molar-refractivity contribution is 5.71. The lowest BCUT2D eigenvalue weighted by atomic mass is 10.0. The number of carbonyl (C=O) groups excluding carboxylic acids is 3. The third-order valence-electron chi connectivity index (χ3n) is 11.8. The summed E-state index contributed by atoms with van der Waals surface area (Å²) in [5, 5.41) is 0. The topological polar surface area (TPSA) is 78.9 Å². The van der Waals surface area contributed by atoms with E-state index in [0.717, 1.165) is 96.3 Å². The van der Waals surface area contributed by atoms with Crippen LogP contribution in [0.3, 0.4) is 0 Å². The number of carbonyl (C=O) groups is 3. The Morgan fingerprint density at radius 2 is 0.609 bits per heavy atom. The minimum Gasteiger partial charge on any atom is -0.462 e. The fourth-order valence-corrected chi connectivity index (χ4v) is 7.66. The smallest absolute Gasteiger partial charge is 0.306 e. The fraction of sp³-hybridized carbons (Fsp3) is 0.776. The zero-order chi connectivity index (χ0) is 46.5. The van der Waals surface area contributed by atoms with E-state index in [-0.39, 0.29) is 31.1 Å². The first-order chi connectivity index (χ1) is 31.5. The third-order valence-corrected chi connectivity index (χ3v) is 11.8. The zero-order valence-corrected chi connectivity index (χ0v) is 42.3. The van der Waals surface area contributed by atoms with Crippen LogP contribution in [0.4, 0.5) is 0 Å². The van der Waals surface area contributed by atoms with E-state index in [9.17, 15) is 14.4 Å². The van der Waals surface area contributed by atoms with Crippen LogP contribution in [0.2, 0.25) is 0 Å². The first-order valence-electron chi connectivity index (χ1n) is 27.3. The van der Waals surface area contributed by atoms with E-state index in [4.69, 9.17) is 14.2 Å². The molecule has 0 aliphatic carbocycles. The minimum absolute atomic E-state index is 0.0875. The molecule has 370 valence electrons. The molecule has 0 aromatic carbocycles. The standard InChI is InChI=1S/C58H102O6/c1-4-7-10-13-16-19-22-25-27-29-30-32-33-36-39-42-45-48-51-57(60)63-54-55(53-62-56(59)50-47-44-41-38-35-24-21-18-15-12-9-6-3)64-58(61)52-49-46-43-40-37-34-31-28-26-23-20-17-14-11-8-5-2/h8,11,17-18,20-21,26,28,34,37,55H,4-7,9-10,12-16,19,22-25,27,29-33,35-36,38-54H2,1-3H3/b11-8-,20-17-,21-18-,28-26-,37-34-. The summed E-state index contributed by atoms with van der Waals surface area (Å²) in [5.74, 6) is -0.920. The van der Waals surface area contributed by atoms with Gasteiger partial charge in [0.15, 0.2) is 6.10 Å². The highest BCUT2D eigenvalue weighted by Crippen LogP contribution is 2.16. The van der Waals surface area contributed by atoms with Gasteiger partial charge in [0.25, 0.3) is 0 Å². The Morgan fingerprint density at radius 3 is 1.02 bits per heavy atom. The molecule has 0 aromatic heterocycles. The molecule has 0 spiro atoms. The van der Waals surface area contributed by atoms with Crippen molar-refractivity contribution in [3.63, 3.8) is 0 Å². The number of hydrogen-bond donors (Lipinski definition) is 0. The average molecular weight is 895 g/mol. The summed E-state index contributed by atoms with van der Waals surface area (Å²) in [6.45, 7) is 6.49. The number of esters is 3. The number of hydrogen-bond acceptors (Lipinski definition) is 6. The molecule has 64 heavy (non-hydrogen) atoms. The van der Waals surface area contributed by atoms with Crippen LogP contribution in [0.5, 0.6) is 0 Å². The van der Waals surface area contributed by atoms with Crippen molar-refractivity contribution in [2.24, 2.45) is 0 Å². The van der Waals surface area contributed by atoms with Crippen molar-refractivity contribution in [2.75, 3.05) is 13.2 Å². The Bertz CT molecular complexity index is 1170. The Kier molecular flexibility index (Phi) is 50.4. The van der Waals surface area contributed by atoms with Crippen molar-refractivity contribution in [3.05, 3.63) is 60.8 Å². The summed E-state index contributed by atoms with van der Waals surface area (Å²) in [6.07, 6.45) is 64.9. The van der Waals surface area contributed by atoms with Gasteiger partial charge in [0, 0.05) is 19.3 Å². The van der Waals surface area contributed by atoms with Crippen LogP contribution in [-0.2, 0) is 28.6 Å². The van der Waals surface area contributed by atoms with Gasteiger partial charge in [0.1, 0.15) is 13.2 Å². The maximum Gasteiger partial charge on any atom is 0.306 e. The van der Waals surface area contributed by atoms with Gasteiger partial charge >= 0.3 is 17.9 Å². The van der Waals surface area contributed by atoms with Crippen LogP contribution in [0.15, 0.2) is 60.8 Å². The Morgan fingerprint density at radius 1 is 0.328 bits per heavy atom. The summed E-state index contributed by atoms with van der Waals surface area (Å²) in [6, 6.07) is 0. The highest BCUT2D eigenvalue weighted by atomic mass is 16.6. The second-order valence-corrected chi connectivity index (χ2v) is 18.1. The van der Waals surface area contributed by atoms with Gasteiger partial charge in [0.05, 0.1) is 0 Å². The predicted molar refractivity (Wildman–Crippen MR) is 275 cm³/mol. The normalized spacial score (nSPS) is 12.5. The molecule has 0 saturated carbocycles. The quantitative estimate of drug-likeness (QED) is 0.0262. The molecule has 0 aliphatic heterocycles. The molecule has 6 heteroatoms. The fourth-order valence-electron chi connectivity index (χ4n) is 7.66. The monoisotopic (exact) mass is 895 g/mol. The summed E-state index contributed by atoms with van der Waals surface area (Å²) < 4.78 is 16.8. The molecule has 0 rings (SSSR count). The van der Waals surface area contributed by atoms with Crippen molar-refractivity contribution in [1.82, 2.24) is 0 Å². The summed E-state index contributed by atoms with van der Waals surface area (Å²) in [4.78, 5) is 38.0. The molecule has 0 bridgehead atoms. The van der Waals surface area contributed by atoms with Crippen LogP contribution in [0, 0.1) is 0 Å². The van der Waals surface area contributed by atoms with E-state index in [0.29, 0.717) is 19.3 Å². The van der Waals surface area contributed by atoms with Gasteiger partial charge in [-0.2, -0.15) is 0 Å². The van der Waals surface area contributed by atoms with Crippen molar-refractivity contribution in [3.8, 4) is 0 Å². The van der Waals surface area contributed by atoms with E-state index in [1.54, 1.807) is 0 Å². The average Bonchev–Trinajstić information content (AvgIpc) is 3.29. The molecule has 0 aliphatic rings. The van der Waals surface area contributed by atoms with Crippen LogP contribution >= 0.6 is 0 Å². The van der Waals surface area contributed by atoms with Gasteiger partial charge in [-0.05, 0) is 83.5 Å².